The zero-order valence-corrected chi connectivity index (χ0v) is 14.5. The number of aromatic amines is 1. The van der Waals surface area contributed by atoms with E-state index in [0.29, 0.717) is 42.5 Å². The molecule has 4 aromatic rings. The lowest BCUT2D eigenvalue weighted by Gasteiger charge is -2.05. The fraction of sp³-hybridized carbons (Fsp3) is 0.294. The number of nitrogens with one attached hydrogen (secondary N) is 1. The smallest absolute Gasteiger partial charge is 0.329 e. The van der Waals surface area contributed by atoms with Crippen molar-refractivity contribution in [2.75, 3.05) is 13.2 Å². The second-order valence-corrected chi connectivity index (χ2v) is 5.86. The Morgan fingerprint density at radius 3 is 2.65 bits per heavy atom. The fourth-order valence-electron chi connectivity index (χ4n) is 3.13. The molecule has 3 heterocycles. The summed E-state index contributed by atoms with van der Waals surface area (Å²) in [6.45, 7) is 3.33. The third-order valence-corrected chi connectivity index (χ3v) is 4.33. The van der Waals surface area contributed by atoms with Gasteiger partial charge in [0.1, 0.15) is 0 Å². The highest BCUT2D eigenvalue weighted by molar-refractivity contribution is 5.79. The Hall–Kier alpha value is -3.20. The van der Waals surface area contributed by atoms with Gasteiger partial charge in [-0.3, -0.25) is 14.3 Å². The molecule has 0 aliphatic heterocycles. The maximum absolute atomic E-state index is 12.5. The van der Waals surface area contributed by atoms with Crippen LogP contribution in [0.1, 0.15) is 6.92 Å². The van der Waals surface area contributed by atoms with E-state index >= 15 is 0 Å². The molecule has 134 valence electrons. The molecular formula is C17H18N6O3. The summed E-state index contributed by atoms with van der Waals surface area (Å²) in [6, 6.07) is 9.52. The Morgan fingerprint density at radius 2 is 1.92 bits per heavy atom. The quantitative estimate of drug-likeness (QED) is 0.534. The summed E-state index contributed by atoms with van der Waals surface area (Å²) >= 11 is 0. The van der Waals surface area contributed by atoms with Gasteiger partial charge in [0.05, 0.1) is 6.61 Å². The number of benzene rings is 1. The van der Waals surface area contributed by atoms with Gasteiger partial charge in [0.2, 0.25) is 5.78 Å². The van der Waals surface area contributed by atoms with Crippen molar-refractivity contribution < 1.29 is 4.74 Å². The van der Waals surface area contributed by atoms with Crippen LogP contribution in [0.5, 0.6) is 0 Å². The van der Waals surface area contributed by atoms with Crippen molar-refractivity contribution in [2.24, 2.45) is 7.05 Å². The van der Waals surface area contributed by atoms with Crippen molar-refractivity contribution >= 4 is 16.9 Å². The Kier molecular flexibility index (Phi) is 3.92. The van der Waals surface area contributed by atoms with Gasteiger partial charge in [0.25, 0.3) is 5.56 Å². The topological polar surface area (TPSA) is 99.2 Å². The van der Waals surface area contributed by atoms with E-state index < -0.39 is 11.2 Å². The molecule has 0 aliphatic rings. The second-order valence-electron chi connectivity index (χ2n) is 5.86. The van der Waals surface area contributed by atoms with Crippen molar-refractivity contribution in [3.8, 4) is 11.4 Å². The first-order valence-electron chi connectivity index (χ1n) is 8.33. The number of hydrogen-bond donors (Lipinski definition) is 1. The van der Waals surface area contributed by atoms with Gasteiger partial charge in [-0.1, -0.05) is 30.3 Å². The number of imidazole rings is 1. The Balaban J connectivity index is 2.10. The molecule has 0 saturated heterocycles. The molecule has 1 aromatic carbocycles. The largest absolute Gasteiger partial charge is 0.380 e. The highest BCUT2D eigenvalue weighted by Gasteiger charge is 2.22. The van der Waals surface area contributed by atoms with Crippen molar-refractivity contribution in [3.05, 3.63) is 51.2 Å². The molecule has 0 unspecified atom stereocenters. The zero-order valence-electron chi connectivity index (χ0n) is 14.5. The number of hydrogen-bond acceptors (Lipinski definition) is 5. The van der Waals surface area contributed by atoms with Crippen molar-refractivity contribution in [1.29, 1.82) is 0 Å². The average Bonchev–Trinajstić information content (AvgIpc) is 3.20. The molecule has 4 rings (SSSR count). The van der Waals surface area contributed by atoms with Crippen LogP contribution in [0.4, 0.5) is 0 Å². The van der Waals surface area contributed by atoms with Gasteiger partial charge < -0.3 is 9.30 Å². The highest BCUT2D eigenvalue weighted by Crippen LogP contribution is 2.23. The Bertz CT molecular complexity index is 1200. The van der Waals surface area contributed by atoms with Gasteiger partial charge in [0.15, 0.2) is 17.0 Å². The van der Waals surface area contributed by atoms with Crippen LogP contribution in [0.15, 0.2) is 39.9 Å². The number of aryl methyl sites for hydroxylation is 1. The minimum absolute atomic E-state index is 0.369. The molecule has 26 heavy (non-hydrogen) atoms. The van der Waals surface area contributed by atoms with Crippen LogP contribution >= 0.6 is 0 Å². The van der Waals surface area contributed by atoms with Crippen LogP contribution < -0.4 is 11.2 Å². The molecule has 9 heteroatoms. The molecular weight excluding hydrogens is 336 g/mol. The summed E-state index contributed by atoms with van der Waals surface area (Å²) in [4.78, 5) is 27.0. The molecule has 9 nitrogen and oxygen atoms in total. The SMILES string of the molecule is CCOCCn1c2c(=O)[nH]c(=O)n(C)c2n2c(-c3ccccc3)nnc12. The van der Waals surface area contributed by atoms with Crippen molar-refractivity contribution in [2.45, 2.75) is 13.5 Å². The summed E-state index contributed by atoms with van der Waals surface area (Å²) in [5, 5.41) is 8.56. The lowest BCUT2D eigenvalue weighted by Crippen LogP contribution is -2.29. The number of H-pyrrole nitrogens is 1. The number of ether oxygens (including phenoxy) is 1. The molecule has 0 fully saturated rings. The summed E-state index contributed by atoms with van der Waals surface area (Å²) in [7, 11) is 1.61. The van der Waals surface area contributed by atoms with Gasteiger partial charge in [-0.2, -0.15) is 0 Å². The van der Waals surface area contributed by atoms with Crippen LogP contribution in [-0.2, 0) is 18.3 Å². The van der Waals surface area contributed by atoms with Gasteiger partial charge in [-0.25, -0.2) is 9.20 Å². The standard InChI is InChI=1S/C17H18N6O3/c1-3-26-10-9-22-12-14(24)18-17(25)21(2)15(12)23-13(19-20-16(22)23)11-7-5-4-6-8-11/h4-8H,3,9-10H2,1-2H3,(H,18,24,25). The van der Waals surface area contributed by atoms with E-state index in [1.807, 2.05) is 37.3 Å². The molecule has 0 saturated carbocycles. The van der Waals surface area contributed by atoms with E-state index in [0.717, 1.165) is 5.56 Å². The molecule has 0 radical (unpaired) electrons. The van der Waals surface area contributed by atoms with Gasteiger partial charge in [-0.05, 0) is 6.92 Å². The molecule has 0 amide bonds. The normalized spacial score (nSPS) is 11.6. The predicted octanol–water partition coefficient (Wildman–Crippen LogP) is 0.774. The average molecular weight is 354 g/mol. The van der Waals surface area contributed by atoms with E-state index in [9.17, 15) is 9.59 Å². The monoisotopic (exact) mass is 354 g/mol. The van der Waals surface area contributed by atoms with E-state index in [-0.39, 0.29) is 0 Å². The first-order valence-corrected chi connectivity index (χ1v) is 8.33. The summed E-state index contributed by atoms with van der Waals surface area (Å²) < 4.78 is 10.3. The number of aromatic nitrogens is 6. The van der Waals surface area contributed by atoms with Crippen molar-refractivity contribution in [3.63, 3.8) is 0 Å². The summed E-state index contributed by atoms with van der Waals surface area (Å²) in [6.07, 6.45) is 0. The van der Waals surface area contributed by atoms with Gasteiger partial charge in [0, 0.05) is 25.8 Å². The molecule has 0 bridgehead atoms. The van der Waals surface area contributed by atoms with Gasteiger partial charge >= 0.3 is 5.69 Å². The first kappa shape index (κ1) is 16.3. The lowest BCUT2D eigenvalue weighted by atomic mass is 10.2. The number of rotatable bonds is 5. The first-order chi connectivity index (χ1) is 12.6. The summed E-state index contributed by atoms with van der Waals surface area (Å²) in [5.74, 6) is 1.06. The van der Waals surface area contributed by atoms with Crippen LogP contribution in [0.3, 0.4) is 0 Å². The second kappa shape index (κ2) is 6.26. The molecule has 3 aromatic heterocycles. The van der Waals surface area contributed by atoms with Crippen LogP contribution in [0, 0.1) is 0 Å². The Morgan fingerprint density at radius 1 is 1.15 bits per heavy atom. The lowest BCUT2D eigenvalue weighted by molar-refractivity contribution is 0.140. The predicted molar refractivity (Wildman–Crippen MR) is 96.3 cm³/mol. The van der Waals surface area contributed by atoms with E-state index in [1.165, 1.54) is 4.57 Å². The van der Waals surface area contributed by atoms with E-state index in [4.69, 9.17) is 4.74 Å². The molecule has 0 aliphatic carbocycles. The van der Waals surface area contributed by atoms with E-state index in [2.05, 4.69) is 15.2 Å². The van der Waals surface area contributed by atoms with Crippen LogP contribution in [-0.4, -0.2) is 41.9 Å². The zero-order chi connectivity index (χ0) is 18.3. The third kappa shape index (κ3) is 2.36. The Labute approximate surface area is 147 Å². The maximum atomic E-state index is 12.5. The van der Waals surface area contributed by atoms with Gasteiger partial charge in [-0.15, -0.1) is 10.2 Å². The van der Waals surface area contributed by atoms with Crippen LogP contribution in [0.25, 0.3) is 28.3 Å². The summed E-state index contributed by atoms with van der Waals surface area (Å²) in [5.41, 5.74) is 0.725. The minimum Gasteiger partial charge on any atom is -0.380 e. The maximum Gasteiger partial charge on any atom is 0.329 e. The van der Waals surface area contributed by atoms with E-state index in [1.54, 1.807) is 16.0 Å². The van der Waals surface area contributed by atoms with Crippen LogP contribution in [0.2, 0.25) is 0 Å². The number of nitrogens with zero attached hydrogens (tertiary/aromatic N) is 5. The number of fused-ring (bicyclic) bond motifs is 3. The molecule has 1 N–H and O–H groups in total. The molecule has 0 spiro atoms. The van der Waals surface area contributed by atoms with Crippen molar-refractivity contribution in [1.82, 2.24) is 28.7 Å². The fourth-order valence-corrected chi connectivity index (χ4v) is 3.13. The highest BCUT2D eigenvalue weighted by atomic mass is 16.5. The molecule has 0 atom stereocenters. The third-order valence-electron chi connectivity index (χ3n) is 4.33. The minimum atomic E-state index is -0.487.